The summed E-state index contributed by atoms with van der Waals surface area (Å²) >= 11 is 0. The van der Waals surface area contributed by atoms with E-state index in [1.807, 2.05) is 24.3 Å². The maximum absolute atomic E-state index is 12.7. The highest BCUT2D eigenvalue weighted by atomic mass is 16.5. The summed E-state index contributed by atoms with van der Waals surface area (Å²) < 4.78 is 6.00. The van der Waals surface area contributed by atoms with E-state index in [4.69, 9.17) is 4.74 Å². The zero-order chi connectivity index (χ0) is 24.7. The Balaban J connectivity index is 1.17. The van der Waals surface area contributed by atoms with Crippen molar-refractivity contribution in [3.8, 4) is 11.6 Å². The standard InChI is InChI=1S/C25H23N7O4/c33-22-25(23(34)29-24(35)28-22)9-2-11-32(25)18-5-7-21(26-14-18)36-19-6-4-17-15-31(12-8-16(17)13-19)20-3-1-10-27-30-20/h1,3-7,10,13-14H,2,8-9,11-12,15H2,(H2,28,29,33,34,35). The molecule has 3 aliphatic heterocycles. The predicted octanol–water partition coefficient (Wildman–Crippen LogP) is 1.93. The summed E-state index contributed by atoms with van der Waals surface area (Å²) in [6.07, 6.45) is 5.06. The number of hydrogen-bond donors (Lipinski definition) is 2. The van der Waals surface area contributed by atoms with E-state index in [0.29, 0.717) is 36.7 Å². The van der Waals surface area contributed by atoms with Crippen LogP contribution < -0.4 is 25.2 Å². The monoisotopic (exact) mass is 485 g/mol. The number of amides is 4. The van der Waals surface area contributed by atoms with E-state index >= 15 is 0 Å². The van der Waals surface area contributed by atoms with Crippen molar-refractivity contribution in [3.05, 3.63) is 66.0 Å². The molecule has 36 heavy (non-hydrogen) atoms. The number of hydrogen-bond acceptors (Lipinski definition) is 9. The Kier molecular flexibility index (Phi) is 5.24. The van der Waals surface area contributed by atoms with Crippen LogP contribution >= 0.6 is 0 Å². The number of anilines is 2. The first kappa shape index (κ1) is 22.0. The molecular formula is C25H23N7O4. The van der Waals surface area contributed by atoms with Gasteiger partial charge in [-0.05, 0) is 60.7 Å². The molecule has 0 saturated carbocycles. The van der Waals surface area contributed by atoms with Crippen molar-refractivity contribution in [2.24, 2.45) is 0 Å². The van der Waals surface area contributed by atoms with Gasteiger partial charge in [0.1, 0.15) is 5.75 Å². The first-order valence-corrected chi connectivity index (χ1v) is 11.8. The Labute approximate surface area is 206 Å². The Morgan fingerprint density at radius 3 is 2.58 bits per heavy atom. The van der Waals surface area contributed by atoms with Crippen molar-refractivity contribution in [1.82, 2.24) is 25.8 Å². The molecule has 11 heteroatoms. The number of pyridine rings is 1. The number of benzene rings is 1. The lowest BCUT2D eigenvalue weighted by Gasteiger charge is -2.38. The van der Waals surface area contributed by atoms with Crippen LogP contribution in [0.25, 0.3) is 0 Å². The van der Waals surface area contributed by atoms with Crippen LogP contribution in [0.2, 0.25) is 0 Å². The summed E-state index contributed by atoms with van der Waals surface area (Å²) in [5.74, 6) is 0.727. The third kappa shape index (κ3) is 3.69. The number of imide groups is 2. The van der Waals surface area contributed by atoms with Gasteiger partial charge in [-0.3, -0.25) is 20.2 Å². The number of carbonyl (C=O) groups excluding carboxylic acids is 3. The van der Waals surface area contributed by atoms with Gasteiger partial charge >= 0.3 is 6.03 Å². The van der Waals surface area contributed by atoms with Gasteiger partial charge in [0.2, 0.25) is 5.88 Å². The van der Waals surface area contributed by atoms with Gasteiger partial charge in [-0.25, -0.2) is 9.78 Å². The van der Waals surface area contributed by atoms with Gasteiger partial charge in [-0.15, -0.1) is 5.10 Å². The molecule has 0 aliphatic carbocycles. The Bertz CT molecular complexity index is 1330. The van der Waals surface area contributed by atoms with Crippen molar-refractivity contribution < 1.29 is 19.1 Å². The zero-order valence-electron chi connectivity index (χ0n) is 19.3. The number of nitrogens with zero attached hydrogens (tertiary/aromatic N) is 5. The van der Waals surface area contributed by atoms with Gasteiger partial charge in [0, 0.05) is 31.9 Å². The van der Waals surface area contributed by atoms with E-state index in [0.717, 1.165) is 25.3 Å². The van der Waals surface area contributed by atoms with Crippen LogP contribution in [0.1, 0.15) is 24.0 Å². The highest BCUT2D eigenvalue weighted by Crippen LogP contribution is 2.36. The van der Waals surface area contributed by atoms with E-state index in [9.17, 15) is 14.4 Å². The molecule has 11 nitrogen and oxygen atoms in total. The van der Waals surface area contributed by atoms with E-state index in [1.54, 1.807) is 29.4 Å². The summed E-state index contributed by atoms with van der Waals surface area (Å²) in [4.78, 5) is 45.2. The summed E-state index contributed by atoms with van der Waals surface area (Å²) in [5.41, 5.74) is 1.58. The maximum Gasteiger partial charge on any atom is 0.328 e. The van der Waals surface area contributed by atoms with Crippen LogP contribution in [0.3, 0.4) is 0 Å². The predicted molar refractivity (Wildman–Crippen MR) is 129 cm³/mol. The second-order valence-corrected chi connectivity index (χ2v) is 8.99. The first-order valence-electron chi connectivity index (χ1n) is 11.8. The lowest BCUT2D eigenvalue weighted by atomic mass is 9.92. The average Bonchev–Trinajstić information content (AvgIpc) is 3.34. The van der Waals surface area contributed by atoms with E-state index in [2.05, 4.69) is 36.8 Å². The molecule has 0 radical (unpaired) electrons. The number of aromatic nitrogens is 3. The molecule has 0 atom stereocenters. The number of rotatable bonds is 4. The van der Waals surface area contributed by atoms with Gasteiger partial charge < -0.3 is 14.5 Å². The van der Waals surface area contributed by atoms with Crippen LogP contribution in [0, 0.1) is 0 Å². The lowest BCUT2D eigenvalue weighted by Crippen LogP contribution is -2.71. The summed E-state index contributed by atoms with van der Waals surface area (Å²) in [7, 11) is 0. The molecule has 3 aromatic rings. The van der Waals surface area contributed by atoms with E-state index in [1.165, 1.54) is 11.1 Å². The normalized spacial score (nSPS) is 18.6. The molecule has 3 aliphatic rings. The summed E-state index contributed by atoms with van der Waals surface area (Å²) in [5, 5.41) is 12.6. The highest BCUT2D eigenvalue weighted by molar-refractivity contribution is 6.24. The van der Waals surface area contributed by atoms with Crippen LogP contribution in [0.4, 0.5) is 16.3 Å². The fourth-order valence-electron chi connectivity index (χ4n) is 5.15. The minimum Gasteiger partial charge on any atom is -0.439 e. The molecule has 2 N–H and O–H groups in total. The molecule has 182 valence electrons. The first-order chi connectivity index (χ1) is 17.5. The molecule has 5 heterocycles. The second-order valence-electron chi connectivity index (χ2n) is 8.99. The number of ether oxygens (including phenoxy) is 1. The zero-order valence-corrected chi connectivity index (χ0v) is 19.3. The van der Waals surface area contributed by atoms with Gasteiger partial charge in [-0.1, -0.05) is 6.07 Å². The third-order valence-corrected chi connectivity index (χ3v) is 6.91. The molecule has 2 saturated heterocycles. The van der Waals surface area contributed by atoms with Crippen molar-refractivity contribution in [2.45, 2.75) is 31.3 Å². The molecular weight excluding hydrogens is 462 g/mol. The van der Waals surface area contributed by atoms with E-state index in [-0.39, 0.29) is 0 Å². The van der Waals surface area contributed by atoms with Crippen LogP contribution in [-0.2, 0) is 22.6 Å². The smallest absolute Gasteiger partial charge is 0.328 e. The molecule has 1 aromatic carbocycles. The maximum atomic E-state index is 12.7. The van der Waals surface area contributed by atoms with Crippen molar-refractivity contribution in [2.75, 3.05) is 22.9 Å². The lowest BCUT2D eigenvalue weighted by molar-refractivity contribution is -0.137. The average molecular weight is 486 g/mol. The Hall–Kier alpha value is -4.54. The molecule has 6 rings (SSSR count). The van der Waals surface area contributed by atoms with Gasteiger partial charge in [0.05, 0.1) is 11.9 Å². The number of urea groups is 1. The topological polar surface area (TPSA) is 130 Å². The number of carbonyl (C=O) groups is 3. The van der Waals surface area contributed by atoms with E-state index < -0.39 is 23.4 Å². The fourth-order valence-corrected chi connectivity index (χ4v) is 5.15. The summed E-state index contributed by atoms with van der Waals surface area (Å²) in [6.45, 7) is 2.09. The van der Waals surface area contributed by atoms with Crippen LogP contribution in [0.15, 0.2) is 54.9 Å². The molecule has 0 bridgehead atoms. The second kappa shape index (κ2) is 8.59. The minimum atomic E-state index is -1.45. The van der Waals surface area contributed by atoms with Crippen molar-refractivity contribution in [1.29, 1.82) is 0 Å². The van der Waals surface area contributed by atoms with Crippen molar-refractivity contribution >= 4 is 29.4 Å². The SMILES string of the molecule is O=C1NC(=O)C2(CCCN2c2ccc(Oc3ccc4c(c3)CCN(c3cccnn3)C4)nc2)C(=O)N1. The van der Waals surface area contributed by atoms with Crippen molar-refractivity contribution in [3.63, 3.8) is 0 Å². The van der Waals surface area contributed by atoms with Crippen LogP contribution in [-0.4, -0.2) is 51.7 Å². The quantitative estimate of drug-likeness (QED) is 0.533. The molecule has 0 unspecified atom stereocenters. The molecule has 4 amide bonds. The fraction of sp³-hybridized carbons (Fsp3) is 0.280. The highest BCUT2D eigenvalue weighted by Gasteiger charge is 2.57. The van der Waals surface area contributed by atoms with Gasteiger partial charge in [0.15, 0.2) is 11.4 Å². The number of nitrogens with one attached hydrogen (secondary N) is 2. The minimum absolute atomic E-state index is 0.319. The summed E-state index contributed by atoms with van der Waals surface area (Å²) in [6, 6.07) is 12.5. The number of fused-ring (bicyclic) bond motifs is 1. The Morgan fingerprint density at radius 1 is 0.972 bits per heavy atom. The van der Waals surface area contributed by atoms with Crippen LogP contribution in [0.5, 0.6) is 11.6 Å². The largest absolute Gasteiger partial charge is 0.439 e. The molecule has 2 aromatic heterocycles. The Morgan fingerprint density at radius 2 is 1.83 bits per heavy atom. The van der Waals surface area contributed by atoms with Gasteiger partial charge in [-0.2, -0.15) is 5.10 Å². The number of barbiturate groups is 1. The molecule has 1 spiro atoms. The van der Waals surface area contributed by atoms with Gasteiger partial charge in [0.25, 0.3) is 11.8 Å². The third-order valence-electron chi connectivity index (χ3n) is 6.91. The molecule has 2 fully saturated rings.